The molecule has 33 heavy (non-hydrogen) atoms. The van der Waals surface area contributed by atoms with Crippen LogP contribution in [0.5, 0.6) is 0 Å². The van der Waals surface area contributed by atoms with Crippen LogP contribution in [-0.4, -0.2) is 25.1 Å². The van der Waals surface area contributed by atoms with Gasteiger partial charge in [-0.3, -0.25) is 4.21 Å². The van der Waals surface area contributed by atoms with Crippen LogP contribution in [0.25, 0.3) is 17.3 Å². The Hall–Kier alpha value is -2.57. The first-order valence-electron chi connectivity index (χ1n) is 11.4. The number of aromatic nitrogens is 2. The first kappa shape index (κ1) is 22.2. The molecular weight excluding hydrogens is 435 g/mol. The van der Waals surface area contributed by atoms with Gasteiger partial charge in [-0.25, -0.2) is 9.37 Å². The summed E-state index contributed by atoms with van der Waals surface area (Å²) in [6.07, 6.45) is 8.65. The number of halogens is 1. The van der Waals surface area contributed by atoms with Gasteiger partial charge in [-0.05, 0) is 74.2 Å². The van der Waals surface area contributed by atoms with Gasteiger partial charge >= 0.3 is 0 Å². The zero-order chi connectivity index (χ0) is 23.4. The number of hydrogen-bond acceptors (Lipinski definition) is 3. The van der Waals surface area contributed by atoms with Crippen molar-refractivity contribution in [3.05, 3.63) is 77.5 Å². The first-order chi connectivity index (χ1) is 15.7. The molecule has 4 nitrogen and oxygen atoms in total. The molecule has 1 N–H and O–H groups in total. The summed E-state index contributed by atoms with van der Waals surface area (Å²) in [5, 5.41) is 11.9. The SMILES string of the molecule is CS(=O)c1cccc([C@@](C)(O)[C@H]2CCCC3=Cc4c(-c5ccc(F)cc5)ncn4C[C@@]32C)c1. The highest BCUT2D eigenvalue weighted by Gasteiger charge is 2.51. The molecule has 1 unspecified atom stereocenters. The summed E-state index contributed by atoms with van der Waals surface area (Å²) in [6.45, 7) is 4.87. The lowest BCUT2D eigenvalue weighted by atomic mass is 9.57. The van der Waals surface area contributed by atoms with Gasteiger partial charge in [-0.1, -0.05) is 24.6 Å². The second-order valence-electron chi connectivity index (χ2n) is 9.77. The molecule has 0 amide bonds. The van der Waals surface area contributed by atoms with Gasteiger partial charge in [0.15, 0.2) is 0 Å². The largest absolute Gasteiger partial charge is 0.385 e. The Labute approximate surface area is 196 Å². The fourth-order valence-corrected chi connectivity index (χ4v) is 6.45. The maximum Gasteiger partial charge on any atom is 0.123 e. The lowest BCUT2D eigenvalue weighted by Crippen LogP contribution is -2.48. The molecule has 0 radical (unpaired) electrons. The van der Waals surface area contributed by atoms with Crippen LogP contribution in [0.4, 0.5) is 4.39 Å². The fraction of sp³-hybridized carbons (Fsp3) is 0.370. The minimum absolute atomic E-state index is 0.00429. The number of fused-ring (bicyclic) bond motifs is 2. The third-order valence-electron chi connectivity index (χ3n) is 7.68. The van der Waals surface area contributed by atoms with Gasteiger partial charge in [0.2, 0.25) is 0 Å². The van der Waals surface area contributed by atoms with Crippen molar-refractivity contribution in [1.82, 2.24) is 9.55 Å². The normalized spacial score (nSPS) is 24.9. The molecule has 6 heteroatoms. The van der Waals surface area contributed by atoms with E-state index < -0.39 is 16.4 Å². The number of nitrogens with zero attached hydrogens (tertiary/aromatic N) is 2. The third kappa shape index (κ3) is 3.69. The minimum Gasteiger partial charge on any atom is -0.385 e. The Kier molecular flexibility index (Phi) is 5.41. The summed E-state index contributed by atoms with van der Waals surface area (Å²) in [5.41, 5.74) is 3.62. The van der Waals surface area contributed by atoms with Gasteiger partial charge < -0.3 is 9.67 Å². The molecule has 1 fully saturated rings. The summed E-state index contributed by atoms with van der Waals surface area (Å²) in [4.78, 5) is 5.39. The molecule has 1 saturated carbocycles. The number of hydrogen-bond donors (Lipinski definition) is 1. The molecule has 3 aromatic rings. The van der Waals surface area contributed by atoms with E-state index in [1.807, 2.05) is 37.5 Å². The zero-order valence-corrected chi connectivity index (χ0v) is 20.0. The third-order valence-corrected chi connectivity index (χ3v) is 8.59. The second-order valence-corrected chi connectivity index (χ2v) is 11.2. The number of imidazole rings is 1. The van der Waals surface area contributed by atoms with E-state index >= 15 is 0 Å². The minimum atomic E-state index is -1.10. The summed E-state index contributed by atoms with van der Waals surface area (Å²) >= 11 is 0. The van der Waals surface area contributed by atoms with Gasteiger partial charge in [0, 0.05) is 45.4 Å². The summed E-state index contributed by atoms with van der Waals surface area (Å²) in [6, 6.07) is 14.0. The van der Waals surface area contributed by atoms with Gasteiger partial charge in [0.05, 0.1) is 23.3 Å². The summed E-state index contributed by atoms with van der Waals surface area (Å²) in [7, 11) is -1.10. The average Bonchev–Trinajstić information content (AvgIpc) is 3.19. The number of benzene rings is 2. The maximum atomic E-state index is 13.4. The van der Waals surface area contributed by atoms with E-state index in [2.05, 4.69) is 22.6 Å². The van der Waals surface area contributed by atoms with Gasteiger partial charge in [0.1, 0.15) is 5.82 Å². The Bertz CT molecular complexity index is 1260. The van der Waals surface area contributed by atoms with Crippen molar-refractivity contribution in [3.8, 4) is 11.3 Å². The average molecular weight is 465 g/mol. The number of rotatable bonds is 4. The van der Waals surface area contributed by atoms with Crippen molar-refractivity contribution in [2.24, 2.45) is 11.3 Å². The standard InChI is InChI=1S/C27H29FN2O2S/c1-26-16-30-17-29-25(18-10-12-21(28)13-11-18)23(30)15-19(26)6-5-9-24(26)27(2,31)20-7-4-8-22(14-20)33(3)32/h4,7-8,10-15,17,24,31H,5-6,9,16H2,1-3H3/t24-,26-,27+,33?/m0/s1. The molecule has 5 rings (SSSR count). The van der Waals surface area contributed by atoms with Crippen molar-refractivity contribution in [1.29, 1.82) is 0 Å². The highest BCUT2D eigenvalue weighted by molar-refractivity contribution is 7.84. The lowest BCUT2D eigenvalue weighted by molar-refractivity contribution is -0.0714. The topological polar surface area (TPSA) is 55.1 Å². The van der Waals surface area contributed by atoms with Crippen LogP contribution >= 0.6 is 0 Å². The van der Waals surface area contributed by atoms with E-state index in [-0.39, 0.29) is 17.2 Å². The van der Waals surface area contributed by atoms with Gasteiger partial charge in [-0.15, -0.1) is 0 Å². The van der Waals surface area contributed by atoms with E-state index in [0.717, 1.165) is 53.2 Å². The zero-order valence-electron chi connectivity index (χ0n) is 19.2. The maximum absolute atomic E-state index is 13.4. The molecule has 0 bridgehead atoms. The van der Waals surface area contributed by atoms with Crippen molar-refractivity contribution in [2.45, 2.75) is 50.2 Å². The van der Waals surface area contributed by atoms with Crippen LogP contribution in [0.3, 0.4) is 0 Å². The van der Waals surface area contributed by atoms with Gasteiger partial charge in [0.25, 0.3) is 0 Å². The van der Waals surface area contributed by atoms with E-state index in [0.29, 0.717) is 0 Å². The van der Waals surface area contributed by atoms with Crippen LogP contribution in [0.15, 0.2) is 65.3 Å². The number of aliphatic hydroxyl groups is 1. The molecule has 1 aromatic heterocycles. The van der Waals surface area contributed by atoms with E-state index in [1.54, 1.807) is 18.4 Å². The van der Waals surface area contributed by atoms with Crippen LogP contribution in [0.2, 0.25) is 0 Å². The quantitative estimate of drug-likeness (QED) is 0.552. The predicted molar refractivity (Wildman–Crippen MR) is 129 cm³/mol. The monoisotopic (exact) mass is 464 g/mol. The molecule has 2 aromatic carbocycles. The van der Waals surface area contributed by atoms with Crippen LogP contribution in [-0.2, 0) is 22.9 Å². The van der Waals surface area contributed by atoms with Gasteiger partial charge in [-0.2, -0.15) is 0 Å². The van der Waals surface area contributed by atoms with Crippen molar-refractivity contribution >= 4 is 16.9 Å². The Balaban J connectivity index is 1.54. The molecule has 0 saturated heterocycles. The molecule has 0 spiro atoms. The molecule has 2 aliphatic rings. The molecule has 172 valence electrons. The molecule has 1 aliphatic carbocycles. The molecular formula is C27H29FN2O2S. The first-order valence-corrected chi connectivity index (χ1v) is 12.9. The highest BCUT2D eigenvalue weighted by atomic mass is 32.2. The van der Waals surface area contributed by atoms with Crippen LogP contribution in [0.1, 0.15) is 44.4 Å². The Morgan fingerprint density at radius 2 is 2.00 bits per heavy atom. The Morgan fingerprint density at radius 1 is 1.24 bits per heavy atom. The van der Waals surface area contributed by atoms with Crippen molar-refractivity contribution in [3.63, 3.8) is 0 Å². The molecule has 4 atom stereocenters. The van der Waals surface area contributed by atoms with E-state index in [4.69, 9.17) is 0 Å². The highest BCUT2D eigenvalue weighted by Crippen LogP contribution is 2.55. The second kappa shape index (κ2) is 8.03. The smallest absolute Gasteiger partial charge is 0.123 e. The molecule has 1 aliphatic heterocycles. The summed E-state index contributed by atoms with van der Waals surface area (Å²) < 4.78 is 27.6. The Morgan fingerprint density at radius 3 is 2.73 bits per heavy atom. The van der Waals surface area contributed by atoms with Crippen LogP contribution < -0.4 is 0 Å². The van der Waals surface area contributed by atoms with E-state index in [9.17, 15) is 13.7 Å². The number of allylic oxidation sites excluding steroid dienone is 1. The van der Waals surface area contributed by atoms with Crippen molar-refractivity contribution < 1.29 is 13.7 Å². The predicted octanol–water partition coefficient (Wildman–Crippen LogP) is 5.54. The lowest BCUT2D eigenvalue weighted by Gasteiger charge is -2.51. The molecule has 2 heterocycles. The van der Waals surface area contributed by atoms with E-state index in [1.165, 1.54) is 17.7 Å². The fourth-order valence-electron chi connectivity index (χ4n) is 5.88. The summed E-state index contributed by atoms with van der Waals surface area (Å²) in [5.74, 6) is -0.263. The van der Waals surface area contributed by atoms with Crippen molar-refractivity contribution in [2.75, 3.05) is 6.26 Å². The van der Waals surface area contributed by atoms with Crippen LogP contribution in [0, 0.1) is 17.2 Å².